The van der Waals surface area contributed by atoms with Crippen molar-refractivity contribution in [3.63, 3.8) is 0 Å². The van der Waals surface area contributed by atoms with E-state index in [0.717, 1.165) is 11.4 Å². The van der Waals surface area contributed by atoms with E-state index in [-0.39, 0.29) is 0 Å². The Balaban J connectivity index is 0.000000647. The molecule has 0 aliphatic heterocycles. The third-order valence-electron chi connectivity index (χ3n) is 3.97. The van der Waals surface area contributed by atoms with Crippen molar-refractivity contribution in [2.45, 2.75) is 19.3 Å². The van der Waals surface area contributed by atoms with Gasteiger partial charge in [0.25, 0.3) is 0 Å². The van der Waals surface area contributed by atoms with Gasteiger partial charge in [-0.2, -0.15) is 0 Å². The van der Waals surface area contributed by atoms with Crippen LogP contribution >= 0.6 is 28.5 Å². The Morgan fingerprint density at radius 2 is 1.12 bits per heavy atom. The minimum atomic E-state index is 0.512. The third kappa shape index (κ3) is 7.00. The first kappa shape index (κ1) is 19.6. The van der Waals surface area contributed by atoms with Gasteiger partial charge in [0.2, 0.25) is 0 Å². The zero-order valence-electron chi connectivity index (χ0n) is 13.2. The minimum absolute atomic E-state index is 0.512. The van der Waals surface area contributed by atoms with Gasteiger partial charge < -0.3 is 0 Å². The van der Waals surface area contributed by atoms with Gasteiger partial charge in [0.1, 0.15) is 0 Å². The summed E-state index contributed by atoms with van der Waals surface area (Å²) in [5.74, 6) is 1.02. The molecule has 2 aromatic carbocycles. The molecule has 0 spiro atoms. The third-order valence-corrected chi connectivity index (χ3v) is 3.97. The molecule has 0 aromatic heterocycles. The molecule has 2 unspecified atom stereocenters. The normalized spacial score (nSPS) is 20.4. The Bertz CT molecular complexity index is 577. The van der Waals surface area contributed by atoms with E-state index in [1.807, 2.05) is 60.7 Å². The molecule has 0 amide bonds. The van der Waals surface area contributed by atoms with Crippen LogP contribution in [0.4, 0.5) is 11.4 Å². The molecule has 1 aliphatic carbocycles. The van der Waals surface area contributed by atoms with E-state index in [1.54, 1.807) is 0 Å². The van der Waals surface area contributed by atoms with Gasteiger partial charge in [0, 0.05) is 24.3 Å². The number of hydrogen-bond acceptors (Lipinski definition) is 2. The van der Waals surface area contributed by atoms with Crippen molar-refractivity contribution in [1.82, 2.24) is 0 Å². The van der Waals surface area contributed by atoms with E-state index in [4.69, 9.17) is 0 Å². The van der Waals surface area contributed by atoms with Crippen LogP contribution in [0, 0.1) is 11.8 Å². The molecule has 130 valence electrons. The maximum atomic E-state index is 4.61. The zero-order valence-corrected chi connectivity index (χ0v) is 17.3. The van der Waals surface area contributed by atoms with Crippen LogP contribution in [-0.4, -0.2) is 12.4 Å². The van der Waals surface area contributed by atoms with E-state index in [9.17, 15) is 0 Å². The summed E-state index contributed by atoms with van der Waals surface area (Å²) in [5.41, 5.74) is 2.06. The van der Waals surface area contributed by atoms with Gasteiger partial charge >= 0.3 is 39.3 Å². The van der Waals surface area contributed by atoms with Gasteiger partial charge in [-0.3, -0.25) is 9.98 Å². The molecule has 2 atom stereocenters. The molecule has 1 saturated carbocycles. The van der Waals surface area contributed by atoms with Gasteiger partial charge in [-0.1, -0.05) is 42.8 Å². The standard InChI is InChI=1S/C19H20N2.2BrH.Ni/c1-3-10-18(11-4-1)20-14-16-8-7-9-17(16)15-21-19-12-5-2-6-13-19;;;/h1-6,10-17H,7-9H2;2*1H;/q;;;+2/p-2. The quantitative estimate of drug-likeness (QED) is 0.326. The van der Waals surface area contributed by atoms with Gasteiger partial charge in [0.15, 0.2) is 0 Å². The van der Waals surface area contributed by atoms with Crippen molar-refractivity contribution in [2.75, 3.05) is 0 Å². The number of rotatable bonds is 4. The van der Waals surface area contributed by atoms with Gasteiger partial charge in [-0.15, -0.1) is 0 Å². The van der Waals surface area contributed by atoms with Crippen LogP contribution in [0.5, 0.6) is 0 Å². The van der Waals surface area contributed by atoms with Crippen LogP contribution in [0.3, 0.4) is 0 Å². The number of halogens is 2. The van der Waals surface area contributed by atoms with E-state index in [2.05, 4.69) is 50.9 Å². The first-order valence-electron chi connectivity index (χ1n) is 7.84. The summed E-state index contributed by atoms with van der Waals surface area (Å²) in [6.45, 7) is 0. The molecule has 0 N–H and O–H groups in total. The fraction of sp³-hybridized carbons (Fsp3) is 0.263. The van der Waals surface area contributed by atoms with Crippen molar-refractivity contribution in [2.24, 2.45) is 21.8 Å². The summed E-state index contributed by atoms with van der Waals surface area (Å²) in [6.07, 6.45) is 7.91. The molecule has 0 saturated heterocycles. The second-order valence-corrected chi connectivity index (χ2v) is 10.5. The molecule has 1 aliphatic rings. The molecular weight excluding hydrogens is 475 g/mol. The average molecular weight is 495 g/mol. The van der Waals surface area contributed by atoms with Gasteiger partial charge in [-0.05, 0) is 37.1 Å². The van der Waals surface area contributed by atoms with E-state index in [1.165, 1.54) is 30.2 Å². The molecule has 3 rings (SSSR count). The Hall–Kier alpha value is -0.766. The van der Waals surface area contributed by atoms with Crippen molar-refractivity contribution >= 4 is 52.3 Å². The fourth-order valence-corrected chi connectivity index (χ4v) is 2.78. The van der Waals surface area contributed by atoms with Crippen LogP contribution < -0.4 is 0 Å². The van der Waals surface area contributed by atoms with Crippen LogP contribution in [0.15, 0.2) is 70.6 Å². The summed E-state index contributed by atoms with van der Waals surface area (Å²) >= 11 is 6.00. The molecule has 5 heteroatoms. The Labute approximate surface area is 164 Å². The number of nitrogens with zero attached hydrogens (tertiary/aromatic N) is 2. The second kappa shape index (κ2) is 11.7. The zero-order chi connectivity index (χ0) is 17.0. The Kier molecular flexibility index (Phi) is 9.56. The Morgan fingerprint density at radius 3 is 1.50 bits per heavy atom. The number of benzene rings is 2. The number of aliphatic imine (C=N–C) groups is 2. The number of para-hydroxylation sites is 2. The SMILES string of the molecule is C(=Nc1ccccc1)C1CCCC1C=Nc1ccccc1.[Br][Ni][Br]. The van der Waals surface area contributed by atoms with E-state index in [0.29, 0.717) is 11.8 Å². The predicted octanol–water partition coefficient (Wildman–Crippen LogP) is 6.90. The van der Waals surface area contributed by atoms with E-state index < -0.39 is 0 Å². The molecular formula is C19H20Br2N2Ni. The molecule has 0 heterocycles. The first-order chi connectivity index (χ1) is 11.8. The summed E-state index contributed by atoms with van der Waals surface area (Å²) in [7, 11) is 1.25. The van der Waals surface area contributed by atoms with Crippen LogP contribution in [-0.2, 0) is 10.9 Å². The first-order valence-corrected chi connectivity index (χ1v) is 12.7. The van der Waals surface area contributed by atoms with Gasteiger partial charge in [0.05, 0.1) is 11.4 Å². The van der Waals surface area contributed by atoms with E-state index >= 15 is 0 Å². The molecule has 0 radical (unpaired) electrons. The summed E-state index contributed by atoms with van der Waals surface area (Å²) in [6, 6.07) is 20.3. The Morgan fingerprint density at radius 1 is 0.750 bits per heavy atom. The van der Waals surface area contributed by atoms with Crippen LogP contribution in [0.1, 0.15) is 19.3 Å². The molecule has 1 fully saturated rings. The van der Waals surface area contributed by atoms with Crippen LogP contribution in [0.25, 0.3) is 0 Å². The molecule has 0 bridgehead atoms. The van der Waals surface area contributed by atoms with Crippen molar-refractivity contribution in [1.29, 1.82) is 0 Å². The molecule has 2 nitrogen and oxygen atoms in total. The van der Waals surface area contributed by atoms with Crippen LogP contribution in [0.2, 0.25) is 0 Å². The summed E-state index contributed by atoms with van der Waals surface area (Å²) < 4.78 is 0. The molecule has 24 heavy (non-hydrogen) atoms. The van der Waals surface area contributed by atoms with Crippen molar-refractivity contribution in [3.8, 4) is 0 Å². The number of hydrogen-bond donors (Lipinski definition) is 0. The monoisotopic (exact) mass is 492 g/mol. The fourth-order valence-electron chi connectivity index (χ4n) is 2.78. The second-order valence-electron chi connectivity index (χ2n) is 5.53. The molecule has 2 aromatic rings. The topological polar surface area (TPSA) is 24.7 Å². The van der Waals surface area contributed by atoms with Gasteiger partial charge in [-0.25, -0.2) is 0 Å². The maximum absolute atomic E-state index is 4.61. The predicted molar refractivity (Wildman–Crippen MR) is 108 cm³/mol. The summed E-state index contributed by atoms with van der Waals surface area (Å²) in [5, 5.41) is 0. The average Bonchev–Trinajstić information content (AvgIpc) is 3.08. The summed E-state index contributed by atoms with van der Waals surface area (Å²) in [4.78, 5) is 9.21. The van der Waals surface area contributed by atoms with Crippen molar-refractivity contribution in [3.05, 3.63) is 60.7 Å². The van der Waals surface area contributed by atoms with Crippen molar-refractivity contribution < 1.29 is 10.9 Å².